The van der Waals surface area contributed by atoms with Crippen LogP contribution in [-0.4, -0.2) is 84.1 Å². The van der Waals surface area contributed by atoms with Crippen molar-refractivity contribution in [3.8, 4) is 28.7 Å². The van der Waals surface area contributed by atoms with E-state index in [0.29, 0.717) is 74.3 Å². The van der Waals surface area contributed by atoms with E-state index < -0.39 is 22.5 Å². The number of phenolic OH excluding ortho intramolecular Hbond substituents is 1. The van der Waals surface area contributed by atoms with E-state index in [0.717, 1.165) is 136 Å². The molecule has 3 saturated carbocycles. The number of aromatic hydroxyl groups is 1. The normalized spacial score (nSPS) is 33.5. The molecule has 6 heterocycles. The molecule has 13 heteroatoms. The summed E-state index contributed by atoms with van der Waals surface area (Å²) in [7, 11) is 2.05. The number of esters is 2. The molecular weight excluding hydrogens is 1170 g/mol. The molecule has 14 atom stereocenters. The summed E-state index contributed by atoms with van der Waals surface area (Å²) in [6.07, 6.45) is 20.0. The number of phenols is 1. The first-order valence-electron chi connectivity index (χ1n) is 36.0. The Morgan fingerprint density at radius 1 is 0.809 bits per heavy atom. The number of allylic oxidation sites excluding steroid dienone is 5. The largest absolute Gasteiger partial charge is 0.508 e. The zero-order valence-electron chi connectivity index (χ0n) is 55.8. The van der Waals surface area contributed by atoms with Gasteiger partial charge in [-0.25, -0.2) is 9.59 Å². The standard InChI is InChI=1S/C81H99N5O8/c1-5-32-83-48-54-37-52-25-33-84-47-53-15-12-16-55(39-53)62-20-19-61(88)44-66(62)71-63-23-31-81(69(94-77(90)74(71)81)41-50(6-2)36-51-13-8-7-9-14-51)73-64(63)21-22-65-68(93-76(89)72(65)73)24-30-79(59-26-34-85-70(43-59)82-4)45-57-42-60(80(92)28-10-11-29-80)18-17-58(27-35-87)78(3,91)49-86-75(67(57)46-79)56(38-52)40-54/h7-9,12-16,19-20,24,35,37-41,44,50,57-60,63-64,67,70,73,75,82-86,88,91-92H,5-6,10-11,21-23,25-34,36,42-43,45-49H2,1-4H3. The van der Waals surface area contributed by atoms with Crippen molar-refractivity contribution < 1.29 is 39.2 Å². The molecule has 14 unspecified atom stereocenters. The van der Waals surface area contributed by atoms with Crippen LogP contribution in [0.5, 0.6) is 5.75 Å². The van der Waals surface area contributed by atoms with Gasteiger partial charge in [0.2, 0.25) is 0 Å². The van der Waals surface area contributed by atoms with Crippen molar-refractivity contribution in [2.45, 2.75) is 179 Å². The zero-order valence-corrected chi connectivity index (χ0v) is 55.8. The molecule has 12 aliphatic rings. The molecule has 0 amide bonds. The Balaban J connectivity index is 0.964. The molecule has 13 nitrogen and oxygen atoms in total. The van der Waals surface area contributed by atoms with Gasteiger partial charge in [-0.2, -0.15) is 0 Å². The lowest BCUT2D eigenvalue weighted by molar-refractivity contribution is -0.135. The maximum atomic E-state index is 15.6. The van der Waals surface area contributed by atoms with Crippen LogP contribution < -0.4 is 26.6 Å². The number of carbonyl (C=O) groups excluding carboxylic acids is 3. The predicted molar refractivity (Wildman–Crippen MR) is 367 cm³/mol. The molecule has 94 heavy (non-hydrogen) atoms. The number of fused-ring (bicyclic) bond motifs is 5. The average molecular weight is 1270 g/mol. The highest BCUT2D eigenvalue weighted by Crippen LogP contribution is 2.72. The lowest BCUT2D eigenvalue weighted by Gasteiger charge is -2.56. The third kappa shape index (κ3) is 12.1. The van der Waals surface area contributed by atoms with E-state index in [1.54, 1.807) is 6.07 Å². The number of rotatable bonds is 13. The molecule has 16 rings (SSSR count). The smallest absolute Gasteiger partial charge is 0.340 e. The Bertz CT molecular complexity index is 3740. The fourth-order valence-corrected chi connectivity index (χ4v) is 20.1. The van der Waals surface area contributed by atoms with Crippen LogP contribution >= 0.6 is 0 Å². The summed E-state index contributed by atoms with van der Waals surface area (Å²) in [5, 5.41) is 56.4. The molecule has 5 fully saturated rings. The Labute approximate surface area is 556 Å². The van der Waals surface area contributed by atoms with Gasteiger partial charge in [-0.3, -0.25) is 0 Å². The van der Waals surface area contributed by atoms with Crippen molar-refractivity contribution in [3.63, 3.8) is 0 Å². The number of hydrogen-bond acceptors (Lipinski definition) is 13. The highest BCUT2D eigenvalue weighted by Gasteiger charge is 2.69. The predicted octanol–water partition coefficient (Wildman–Crippen LogP) is 12.4. The van der Waals surface area contributed by atoms with Crippen molar-refractivity contribution in [1.82, 2.24) is 26.6 Å². The van der Waals surface area contributed by atoms with Gasteiger partial charge in [0, 0.05) is 55.1 Å². The number of nitrogens with one attached hydrogen (secondary N) is 5. The van der Waals surface area contributed by atoms with E-state index in [1.807, 2.05) is 32.2 Å². The first-order chi connectivity index (χ1) is 45.6. The summed E-state index contributed by atoms with van der Waals surface area (Å²) in [4.78, 5) is 43.7. The van der Waals surface area contributed by atoms with Crippen molar-refractivity contribution >= 4 is 23.8 Å². The Morgan fingerprint density at radius 2 is 1.66 bits per heavy atom. The van der Waals surface area contributed by atoms with Crippen LogP contribution in [0.1, 0.15) is 169 Å². The maximum Gasteiger partial charge on any atom is 0.340 e. The second-order valence-electron chi connectivity index (χ2n) is 30.3. The summed E-state index contributed by atoms with van der Waals surface area (Å²) in [5.74, 6) is 6.90. The molecule has 6 aliphatic heterocycles. The SMILES string of the molecule is CCCNCc1cc2cc(c1)C1NCC(C)(O)C(CC=O)C#CC(C3(O)CCCC3)CC3CC(C4CCNC(NC)C4)(CC=C4OC(=O)C5=C4CCC4C6CCC7(C(=CC(CC)Cc8ccccc8)OC(=O)C7=C6c6cc(O)ccc6-c6cccc(c6)CNCC2)C54)CC31. The summed E-state index contributed by atoms with van der Waals surface area (Å²) in [5.41, 5.74) is 8.33. The average Bonchev–Trinajstić information content (AvgIpc) is 1.40. The number of ether oxygens (including phenoxy) is 2. The van der Waals surface area contributed by atoms with E-state index in [4.69, 9.17) is 9.47 Å². The Hall–Kier alpha value is -6.47. The van der Waals surface area contributed by atoms with Gasteiger partial charge in [-0.05, 0) is 258 Å². The second kappa shape index (κ2) is 26.9. The fraction of sp³-hybridized carbons (Fsp3) is 0.543. The van der Waals surface area contributed by atoms with Gasteiger partial charge in [0.15, 0.2) is 0 Å². The summed E-state index contributed by atoms with van der Waals surface area (Å²) in [6, 6.07) is 31.7. The van der Waals surface area contributed by atoms with Crippen molar-refractivity contribution in [2.24, 2.45) is 64.1 Å². The number of cyclic esters (lactones) is 1. The number of aliphatic hydroxyl groups is 2. The van der Waals surface area contributed by atoms with Crippen LogP contribution in [0, 0.1) is 75.9 Å². The minimum atomic E-state index is -1.38. The molecular formula is C81H99N5O8. The van der Waals surface area contributed by atoms with Crippen LogP contribution in [0.3, 0.4) is 0 Å². The van der Waals surface area contributed by atoms with Gasteiger partial charge in [0.25, 0.3) is 0 Å². The minimum absolute atomic E-state index is 0.0151. The number of benzene rings is 4. The lowest BCUT2D eigenvalue weighted by atomic mass is 9.44. The number of carbonyl (C=O) groups is 3. The van der Waals surface area contributed by atoms with Gasteiger partial charge in [0.05, 0.1) is 34.3 Å². The van der Waals surface area contributed by atoms with Gasteiger partial charge in [-0.1, -0.05) is 111 Å². The fourth-order valence-electron chi connectivity index (χ4n) is 20.1. The van der Waals surface area contributed by atoms with E-state index >= 15 is 9.59 Å². The van der Waals surface area contributed by atoms with Crippen LogP contribution in [0.25, 0.3) is 16.7 Å². The lowest BCUT2D eigenvalue weighted by Crippen LogP contribution is -2.52. The molecule has 2 saturated heterocycles. The Morgan fingerprint density at radius 3 is 2.47 bits per heavy atom. The molecule has 6 aliphatic carbocycles. The zero-order chi connectivity index (χ0) is 64.9. The van der Waals surface area contributed by atoms with Gasteiger partial charge in [-0.15, -0.1) is 0 Å². The van der Waals surface area contributed by atoms with E-state index in [2.05, 4.69) is 131 Å². The number of β-amino-alcohol motifs (C(OH)–C–C–N with tert-alkyl or cyclic N) is 1. The number of hydrogen-bond donors (Lipinski definition) is 8. The van der Waals surface area contributed by atoms with Gasteiger partial charge in [0.1, 0.15) is 23.6 Å². The summed E-state index contributed by atoms with van der Waals surface area (Å²) < 4.78 is 13.7. The topological polar surface area (TPSA) is 191 Å². The first-order valence-corrected chi connectivity index (χ1v) is 36.0. The molecule has 14 bridgehead atoms. The first kappa shape index (κ1) is 64.8. The van der Waals surface area contributed by atoms with Gasteiger partial charge < -0.3 is 56.2 Å². The molecule has 4 aromatic carbocycles. The maximum absolute atomic E-state index is 15.6. The van der Waals surface area contributed by atoms with Crippen molar-refractivity contribution in [1.29, 1.82) is 0 Å². The van der Waals surface area contributed by atoms with Crippen LogP contribution in [0.2, 0.25) is 0 Å². The van der Waals surface area contributed by atoms with Gasteiger partial charge >= 0.3 is 11.9 Å². The van der Waals surface area contributed by atoms with Crippen LogP contribution in [-0.2, 0) is 49.8 Å². The monoisotopic (exact) mass is 1270 g/mol. The number of piperidine rings is 1. The second-order valence-corrected chi connectivity index (χ2v) is 30.3. The van der Waals surface area contributed by atoms with Crippen molar-refractivity contribution in [2.75, 3.05) is 33.2 Å². The van der Waals surface area contributed by atoms with Crippen LogP contribution in [0.4, 0.5) is 0 Å². The van der Waals surface area contributed by atoms with Crippen molar-refractivity contribution in [3.05, 3.63) is 165 Å². The van der Waals surface area contributed by atoms with Crippen LogP contribution in [0.15, 0.2) is 131 Å². The Kier molecular flexibility index (Phi) is 18.5. The number of aldehydes is 1. The molecule has 4 aromatic rings. The minimum Gasteiger partial charge on any atom is -0.508 e. The highest BCUT2D eigenvalue weighted by atomic mass is 16.6. The molecule has 0 radical (unpaired) electrons. The molecule has 496 valence electrons. The summed E-state index contributed by atoms with van der Waals surface area (Å²) in [6.45, 7) is 10.2. The molecule has 1 spiro atoms. The summed E-state index contributed by atoms with van der Waals surface area (Å²) >= 11 is 0. The van der Waals surface area contributed by atoms with E-state index in [1.165, 1.54) is 22.3 Å². The highest BCUT2D eigenvalue weighted by molar-refractivity contribution is 6.07. The molecule has 8 N–H and O–H groups in total. The van der Waals surface area contributed by atoms with E-state index in [-0.39, 0.29) is 95.6 Å². The van der Waals surface area contributed by atoms with E-state index in [9.17, 15) is 20.1 Å². The molecule has 0 aromatic heterocycles. The quantitative estimate of drug-likeness (QED) is 0.0273. The third-order valence-corrected chi connectivity index (χ3v) is 24.7. The third-order valence-electron chi connectivity index (χ3n) is 24.7.